The van der Waals surface area contributed by atoms with E-state index in [1.165, 1.54) is 11.1 Å². The molecule has 0 spiro atoms. The highest BCUT2D eigenvalue weighted by atomic mass is 16.5. The highest BCUT2D eigenvalue weighted by Gasteiger charge is 2.08. The Labute approximate surface area is 128 Å². The highest BCUT2D eigenvalue weighted by molar-refractivity contribution is 5.27. The maximum atomic E-state index is 5.19. The minimum Gasteiger partial charge on any atom is -0.497 e. The first-order valence-corrected chi connectivity index (χ1v) is 7.60. The summed E-state index contributed by atoms with van der Waals surface area (Å²) in [6, 6.07) is 19.4. The molecule has 0 heterocycles. The third-order valence-electron chi connectivity index (χ3n) is 3.84. The molecule has 0 radical (unpaired) electrons. The van der Waals surface area contributed by atoms with Gasteiger partial charge in [-0.15, -0.1) is 0 Å². The molecule has 0 amide bonds. The monoisotopic (exact) mass is 283 g/mol. The topological polar surface area (TPSA) is 21.3 Å². The molecule has 112 valence electrons. The summed E-state index contributed by atoms with van der Waals surface area (Å²) in [4.78, 5) is 0. The number of rotatable bonds is 7. The lowest BCUT2D eigenvalue weighted by Gasteiger charge is -2.18. The van der Waals surface area contributed by atoms with E-state index in [2.05, 4.69) is 61.6 Å². The summed E-state index contributed by atoms with van der Waals surface area (Å²) >= 11 is 0. The number of nitrogens with one attached hydrogen (secondary N) is 1. The van der Waals surface area contributed by atoms with Crippen LogP contribution in [-0.2, 0) is 6.42 Å². The Balaban J connectivity index is 1.80. The maximum Gasteiger partial charge on any atom is 0.118 e. The molecule has 0 aliphatic rings. The third kappa shape index (κ3) is 4.91. The zero-order chi connectivity index (χ0) is 15.1. The summed E-state index contributed by atoms with van der Waals surface area (Å²) in [5, 5.41) is 3.63. The van der Waals surface area contributed by atoms with E-state index in [1.54, 1.807) is 7.11 Å². The summed E-state index contributed by atoms with van der Waals surface area (Å²) in [6.07, 6.45) is 1.03. The predicted molar refractivity (Wildman–Crippen MR) is 89.0 cm³/mol. The van der Waals surface area contributed by atoms with Gasteiger partial charge in [-0.25, -0.2) is 0 Å². The first-order chi connectivity index (χ1) is 10.2. The second-order valence-electron chi connectivity index (χ2n) is 5.67. The molecule has 0 bridgehead atoms. The fraction of sp³-hybridized carbons (Fsp3) is 0.368. The normalized spacial score (nSPS) is 13.7. The number of benzene rings is 2. The first kappa shape index (κ1) is 15.6. The number of hydrogen-bond acceptors (Lipinski definition) is 2. The molecule has 0 saturated carbocycles. The van der Waals surface area contributed by atoms with Crippen LogP contribution in [0.1, 0.15) is 30.9 Å². The van der Waals surface area contributed by atoms with Gasteiger partial charge >= 0.3 is 0 Å². The molecule has 2 nitrogen and oxygen atoms in total. The Hall–Kier alpha value is -1.80. The van der Waals surface area contributed by atoms with Crippen molar-refractivity contribution in [2.75, 3.05) is 13.7 Å². The molecule has 2 heteroatoms. The lowest BCUT2D eigenvalue weighted by Crippen LogP contribution is -2.31. The van der Waals surface area contributed by atoms with E-state index in [0.29, 0.717) is 12.0 Å². The van der Waals surface area contributed by atoms with Crippen molar-refractivity contribution < 1.29 is 4.74 Å². The average molecular weight is 283 g/mol. The highest BCUT2D eigenvalue weighted by Crippen LogP contribution is 2.15. The number of methoxy groups -OCH3 is 1. The molecule has 2 rings (SSSR count). The van der Waals surface area contributed by atoms with Crippen molar-refractivity contribution in [3.05, 3.63) is 65.7 Å². The van der Waals surface area contributed by atoms with E-state index in [4.69, 9.17) is 4.74 Å². The fourth-order valence-electron chi connectivity index (χ4n) is 2.46. The Morgan fingerprint density at radius 3 is 2.24 bits per heavy atom. The molecule has 2 aromatic carbocycles. The van der Waals surface area contributed by atoms with Crippen LogP contribution in [0.4, 0.5) is 0 Å². The van der Waals surface area contributed by atoms with E-state index in [-0.39, 0.29) is 0 Å². The largest absolute Gasteiger partial charge is 0.497 e. The lowest BCUT2D eigenvalue weighted by molar-refractivity contribution is 0.414. The van der Waals surface area contributed by atoms with Crippen molar-refractivity contribution in [2.45, 2.75) is 32.2 Å². The molecule has 0 aliphatic heterocycles. The van der Waals surface area contributed by atoms with Crippen molar-refractivity contribution in [1.82, 2.24) is 5.32 Å². The van der Waals surface area contributed by atoms with Crippen molar-refractivity contribution >= 4 is 0 Å². The predicted octanol–water partition coefficient (Wildman–Crippen LogP) is 4.02. The summed E-state index contributed by atoms with van der Waals surface area (Å²) in [5.41, 5.74) is 2.73. The van der Waals surface area contributed by atoms with Crippen LogP contribution in [0.5, 0.6) is 5.75 Å². The molecule has 1 N–H and O–H groups in total. The minimum absolute atomic E-state index is 0.463. The summed E-state index contributed by atoms with van der Waals surface area (Å²) < 4.78 is 5.19. The summed E-state index contributed by atoms with van der Waals surface area (Å²) in [7, 11) is 1.70. The van der Waals surface area contributed by atoms with Gasteiger partial charge in [0.15, 0.2) is 0 Å². The zero-order valence-corrected chi connectivity index (χ0v) is 13.2. The van der Waals surface area contributed by atoms with Gasteiger partial charge in [-0.1, -0.05) is 49.4 Å². The smallest absolute Gasteiger partial charge is 0.118 e. The van der Waals surface area contributed by atoms with Gasteiger partial charge in [-0.3, -0.25) is 0 Å². The van der Waals surface area contributed by atoms with Gasteiger partial charge in [0.1, 0.15) is 5.75 Å². The average Bonchev–Trinajstić information content (AvgIpc) is 2.54. The van der Waals surface area contributed by atoms with E-state index < -0.39 is 0 Å². The Morgan fingerprint density at radius 2 is 1.62 bits per heavy atom. The summed E-state index contributed by atoms with van der Waals surface area (Å²) in [6.45, 7) is 5.51. The van der Waals surface area contributed by atoms with Gasteiger partial charge in [0.2, 0.25) is 0 Å². The SMILES string of the molecule is COc1ccc(C[C@@H](C)NC[C@@H](C)c2ccccc2)cc1. The van der Waals surface area contributed by atoms with Gasteiger partial charge < -0.3 is 10.1 Å². The van der Waals surface area contributed by atoms with Crippen LogP contribution in [0.15, 0.2) is 54.6 Å². The second kappa shape index (κ2) is 7.84. The van der Waals surface area contributed by atoms with Gasteiger partial charge in [0, 0.05) is 12.6 Å². The van der Waals surface area contributed by atoms with Crippen LogP contribution >= 0.6 is 0 Å². The Morgan fingerprint density at radius 1 is 0.952 bits per heavy atom. The molecular weight excluding hydrogens is 258 g/mol. The van der Waals surface area contributed by atoms with Gasteiger partial charge in [0.25, 0.3) is 0 Å². The van der Waals surface area contributed by atoms with Crippen LogP contribution in [0.3, 0.4) is 0 Å². The van der Waals surface area contributed by atoms with Crippen LogP contribution in [0.25, 0.3) is 0 Å². The minimum atomic E-state index is 0.463. The van der Waals surface area contributed by atoms with Gasteiger partial charge in [0.05, 0.1) is 7.11 Å². The number of ether oxygens (including phenoxy) is 1. The molecule has 0 aliphatic carbocycles. The number of hydrogen-bond donors (Lipinski definition) is 1. The van der Waals surface area contributed by atoms with E-state index in [9.17, 15) is 0 Å². The summed E-state index contributed by atoms with van der Waals surface area (Å²) in [5.74, 6) is 1.45. The third-order valence-corrected chi connectivity index (χ3v) is 3.84. The van der Waals surface area contributed by atoms with Crippen molar-refractivity contribution in [3.8, 4) is 5.75 Å². The van der Waals surface area contributed by atoms with Crippen molar-refractivity contribution in [3.63, 3.8) is 0 Å². The molecule has 0 unspecified atom stereocenters. The molecule has 21 heavy (non-hydrogen) atoms. The van der Waals surface area contributed by atoms with Crippen LogP contribution in [-0.4, -0.2) is 19.7 Å². The standard InChI is InChI=1S/C19H25NO/c1-15(18-7-5-4-6-8-18)14-20-16(2)13-17-9-11-19(21-3)12-10-17/h4-12,15-16,20H,13-14H2,1-3H3/t15-,16-/m1/s1. The zero-order valence-electron chi connectivity index (χ0n) is 13.2. The molecule has 0 saturated heterocycles. The first-order valence-electron chi connectivity index (χ1n) is 7.60. The fourth-order valence-corrected chi connectivity index (χ4v) is 2.46. The second-order valence-corrected chi connectivity index (χ2v) is 5.67. The van der Waals surface area contributed by atoms with Crippen molar-refractivity contribution in [1.29, 1.82) is 0 Å². The van der Waals surface area contributed by atoms with E-state index in [0.717, 1.165) is 18.7 Å². The van der Waals surface area contributed by atoms with Gasteiger partial charge in [-0.2, -0.15) is 0 Å². The van der Waals surface area contributed by atoms with Crippen LogP contribution in [0, 0.1) is 0 Å². The maximum absolute atomic E-state index is 5.19. The lowest BCUT2D eigenvalue weighted by atomic mass is 10.0. The van der Waals surface area contributed by atoms with E-state index >= 15 is 0 Å². The van der Waals surface area contributed by atoms with E-state index in [1.807, 2.05) is 12.1 Å². The van der Waals surface area contributed by atoms with Crippen LogP contribution in [0.2, 0.25) is 0 Å². The molecule has 0 fully saturated rings. The quantitative estimate of drug-likeness (QED) is 0.828. The van der Waals surface area contributed by atoms with Gasteiger partial charge in [-0.05, 0) is 42.5 Å². The van der Waals surface area contributed by atoms with Crippen LogP contribution < -0.4 is 10.1 Å². The molecule has 2 atom stereocenters. The molecular formula is C19H25NO. The Bertz CT molecular complexity index is 521. The molecule has 2 aromatic rings. The molecule has 0 aromatic heterocycles. The Kier molecular flexibility index (Phi) is 5.82. The van der Waals surface area contributed by atoms with Crippen molar-refractivity contribution in [2.24, 2.45) is 0 Å².